The highest BCUT2D eigenvalue weighted by atomic mass is 14.9. The molecular weight excluding hydrogens is 170 g/mol. The second kappa shape index (κ2) is 2.83. The molecule has 2 fully saturated rings. The molecule has 14 heavy (non-hydrogen) atoms. The van der Waals surface area contributed by atoms with Gasteiger partial charge >= 0.3 is 0 Å². The zero-order chi connectivity index (χ0) is 9.60. The minimum atomic E-state index is 0.604. The summed E-state index contributed by atoms with van der Waals surface area (Å²) >= 11 is 0. The zero-order valence-corrected chi connectivity index (χ0v) is 8.66. The van der Waals surface area contributed by atoms with Crippen molar-refractivity contribution in [1.82, 2.24) is 5.32 Å². The molecule has 1 heterocycles. The monoisotopic (exact) mass is 187 g/mol. The van der Waals surface area contributed by atoms with E-state index in [9.17, 15) is 0 Å². The van der Waals surface area contributed by atoms with Crippen molar-refractivity contribution in [3.63, 3.8) is 0 Å². The van der Waals surface area contributed by atoms with Crippen LogP contribution in [0.4, 0.5) is 0 Å². The van der Waals surface area contributed by atoms with Crippen LogP contribution in [-0.4, -0.2) is 13.1 Å². The van der Waals surface area contributed by atoms with Crippen LogP contribution in [0.25, 0.3) is 0 Å². The minimum absolute atomic E-state index is 0.604. The van der Waals surface area contributed by atoms with E-state index in [0.29, 0.717) is 5.41 Å². The highest BCUT2D eigenvalue weighted by Crippen LogP contribution is 2.61. The lowest BCUT2D eigenvalue weighted by atomic mass is 9.81. The van der Waals surface area contributed by atoms with Gasteiger partial charge in [-0.05, 0) is 29.9 Å². The van der Waals surface area contributed by atoms with E-state index in [4.69, 9.17) is 0 Å². The highest BCUT2D eigenvalue weighted by Gasteiger charge is 2.56. The van der Waals surface area contributed by atoms with Crippen LogP contribution in [-0.2, 0) is 0 Å². The van der Waals surface area contributed by atoms with E-state index in [1.54, 1.807) is 0 Å². The molecule has 0 spiro atoms. The molecule has 1 nitrogen and oxygen atoms in total. The number of piperidine rings is 1. The third kappa shape index (κ3) is 1.12. The topological polar surface area (TPSA) is 12.0 Å². The molecule has 1 aromatic carbocycles. The molecule has 1 saturated heterocycles. The summed E-state index contributed by atoms with van der Waals surface area (Å²) in [7, 11) is 0. The molecular formula is C13H17N. The van der Waals surface area contributed by atoms with Gasteiger partial charge in [-0.1, -0.05) is 37.3 Å². The van der Waals surface area contributed by atoms with Crippen LogP contribution < -0.4 is 5.32 Å². The Balaban J connectivity index is 1.91. The predicted octanol–water partition coefficient (Wildman–Crippen LogP) is 2.40. The summed E-state index contributed by atoms with van der Waals surface area (Å²) in [6.45, 7) is 4.85. The first-order chi connectivity index (χ1) is 6.81. The molecule has 1 aromatic rings. The highest BCUT2D eigenvalue weighted by molar-refractivity contribution is 5.27. The summed E-state index contributed by atoms with van der Waals surface area (Å²) < 4.78 is 0. The van der Waals surface area contributed by atoms with Crippen LogP contribution in [0.2, 0.25) is 0 Å². The molecule has 3 atom stereocenters. The number of hydrogen-bond donors (Lipinski definition) is 1. The van der Waals surface area contributed by atoms with Crippen molar-refractivity contribution in [3.05, 3.63) is 35.9 Å². The Bertz CT molecular complexity index is 332. The third-order valence-corrected chi connectivity index (χ3v) is 4.20. The van der Waals surface area contributed by atoms with Crippen LogP contribution in [0.15, 0.2) is 30.3 Å². The fraction of sp³-hybridized carbons (Fsp3) is 0.538. The van der Waals surface area contributed by atoms with E-state index >= 15 is 0 Å². The Morgan fingerprint density at radius 1 is 1.21 bits per heavy atom. The molecule has 74 valence electrons. The van der Waals surface area contributed by atoms with Crippen LogP contribution in [0.1, 0.15) is 24.8 Å². The fourth-order valence-electron chi connectivity index (χ4n) is 3.02. The van der Waals surface area contributed by atoms with Gasteiger partial charge in [-0.2, -0.15) is 0 Å². The number of fused-ring (bicyclic) bond motifs is 1. The Labute approximate surface area is 85.5 Å². The average molecular weight is 187 g/mol. The van der Waals surface area contributed by atoms with Gasteiger partial charge in [0, 0.05) is 12.5 Å². The molecule has 1 saturated carbocycles. The second-order valence-electron chi connectivity index (χ2n) is 5.03. The molecule has 1 aliphatic heterocycles. The van der Waals surface area contributed by atoms with Gasteiger partial charge in [0.25, 0.3) is 0 Å². The molecule has 0 amide bonds. The number of nitrogens with one attached hydrogen (secondary N) is 1. The van der Waals surface area contributed by atoms with Gasteiger partial charge in [0.1, 0.15) is 0 Å². The summed E-state index contributed by atoms with van der Waals surface area (Å²) in [5.74, 6) is 1.67. The van der Waals surface area contributed by atoms with E-state index in [2.05, 4.69) is 42.6 Å². The maximum absolute atomic E-state index is 3.55. The minimum Gasteiger partial charge on any atom is -0.316 e. The molecule has 2 unspecified atom stereocenters. The van der Waals surface area contributed by atoms with E-state index in [1.165, 1.54) is 18.5 Å². The van der Waals surface area contributed by atoms with Crippen LogP contribution >= 0.6 is 0 Å². The molecule has 3 rings (SSSR count). The smallest absolute Gasteiger partial charge is 0.00256 e. The largest absolute Gasteiger partial charge is 0.316 e. The van der Waals surface area contributed by atoms with Crippen LogP contribution in [0.5, 0.6) is 0 Å². The first kappa shape index (κ1) is 8.49. The summed E-state index contributed by atoms with van der Waals surface area (Å²) in [6.07, 6.45) is 1.42. The Morgan fingerprint density at radius 3 is 2.79 bits per heavy atom. The molecule has 0 aromatic heterocycles. The van der Waals surface area contributed by atoms with Gasteiger partial charge in [-0.3, -0.25) is 0 Å². The summed E-state index contributed by atoms with van der Waals surface area (Å²) in [6, 6.07) is 11.0. The van der Waals surface area contributed by atoms with E-state index < -0.39 is 0 Å². The molecule has 0 radical (unpaired) electrons. The molecule has 2 aliphatic rings. The molecule has 1 N–H and O–H groups in total. The predicted molar refractivity (Wildman–Crippen MR) is 58.3 cm³/mol. The van der Waals surface area contributed by atoms with Crippen molar-refractivity contribution in [3.8, 4) is 0 Å². The zero-order valence-electron chi connectivity index (χ0n) is 8.66. The van der Waals surface area contributed by atoms with Crippen molar-refractivity contribution < 1.29 is 0 Å². The van der Waals surface area contributed by atoms with Crippen LogP contribution in [0.3, 0.4) is 0 Å². The number of hydrogen-bond acceptors (Lipinski definition) is 1. The SMILES string of the molecule is C[C@@]12CC1CNCC2c1ccccc1. The van der Waals surface area contributed by atoms with Gasteiger partial charge in [0.05, 0.1) is 0 Å². The number of rotatable bonds is 1. The van der Waals surface area contributed by atoms with Gasteiger partial charge in [-0.15, -0.1) is 0 Å². The van der Waals surface area contributed by atoms with Gasteiger partial charge in [0.15, 0.2) is 0 Å². The van der Waals surface area contributed by atoms with E-state index in [-0.39, 0.29) is 0 Å². The van der Waals surface area contributed by atoms with Crippen molar-refractivity contribution in [2.45, 2.75) is 19.3 Å². The van der Waals surface area contributed by atoms with Crippen LogP contribution in [0, 0.1) is 11.3 Å². The maximum atomic E-state index is 3.55. The molecule has 1 aliphatic carbocycles. The summed E-state index contributed by atoms with van der Waals surface area (Å²) in [5.41, 5.74) is 2.12. The van der Waals surface area contributed by atoms with Crippen molar-refractivity contribution >= 4 is 0 Å². The number of benzene rings is 1. The quantitative estimate of drug-likeness (QED) is 0.712. The Kier molecular flexibility index (Phi) is 1.72. The van der Waals surface area contributed by atoms with Crippen molar-refractivity contribution in [2.75, 3.05) is 13.1 Å². The van der Waals surface area contributed by atoms with Crippen molar-refractivity contribution in [1.29, 1.82) is 0 Å². The molecule has 1 heteroatoms. The van der Waals surface area contributed by atoms with Gasteiger partial charge in [0.2, 0.25) is 0 Å². The second-order valence-corrected chi connectivity index (χ2v) is 5.03. The first-order valence-electron chi connectivity index (χ1n) is 5.56. The van der Waals surface area contributed by atoms with Crippen molar-refractivity contribution in [2.24, 2.45) is 11.3 Å². The lowest BCUT2D eigenvalue weighted by Crippen LogP contribution is -2.35. The Morgan fingerprint density at radius 2 is 2.00 bits per heavy atom. The van der Waals surface area contributed by atoms with E-state index in [1.807, 2.05) is 0 Å². The maximum Gasteiger partial charge on any atom is 0.00256 e. The normalized spacial score (nSPS) is 40.4. The Hall–Kier alpha value is -0.820. The van der Waals surface area contributed by atoms with Gasteiger partial charge in [-0.25, -0.2) is 0 Å². The average Bonchev–Trinajstić information content (AvgIpc) is 2.90. The standard InChI is InChI=1S/C13H17N/c1-13-7-11(13)8-14-9-12(13)10-5-3-2-4-6-10/h2-6,11-12,14H,7-9H2,1H3/t11?,12?,13-/m1/s1. The first-order valence-corrected chi connectivity index (χ1v) is 5.56. The summed E-state index contributed by atoms with van der Waals surface area (Å²) in [5, 5.41) is 3.55. The molecule has 0 bridgehead atoms. The summed E-state index contributed by atoms with van der Waals surface area (Å²) in [4.78, 5) is 0. The van der Waals surface area contributed by atoms with E-state index in [0.717, 1.165) is 18.4 Å². The lowest BCUT2D eigenvalue weighted by molar-refractivity contribution is 0.327. The third-order valence-electron chi connectivity index (χ3n) is 4.20. The van der Waals surface area contributed by atoms with Gasteiger partial charge < -0.3 is 5.32 Å². The lowest BCUT2D eigenvalue weighted by Gasteiger charge is -2.30. The fourth-order valence-corrected chi connectivity index (χ4v) is 3.02.